The number of fused-ring (bicyclic) bond motifs is 7. The molecule has 0 amide bonds. The van der Waals surface area contributed by atoms with E-state index in [4.69, 9.17) is 17.8 Å². The average molecular weight is 580 g/mol. The second-order valence-electron chi connectivity index (χ2n) is 9.92. The molecule has 0 spiro atoms. The zero-order valence-electron chi connectivity index (χ0n) is 41.6. The van der Waals surface area contributed by atoms with Gasteiger partial charge < -0.3 is 9.13 Å². The average Bonchev–Trinajstić information content (AvgIpc) is 3.77. The van der Waals surface area contributed by atoms with Crippen LogP contribution < -0.4 is 0 Å². The minimum absolute atomic E-state index is 0.173. The van der Waals surface area contributed by atoms with E-state index >= 15 is 0 Å². The first-order valence-electron chi connectivity index (χ1n) is 23.1. The van der Waals surface area contributed by atoms with Crippen LogP contribution in [0.25, 0.3) is 77.2 Å². The Labute approximate surface area is 282 Å². The Bertz CT molecular complexity index is 3480. The molecule has 0 radical (unpaired) electrons. The van der Waals surface area contributed by atoms with E-state index in [2.05, 4.69) is 0 Å². The summed E-state index contributed by atoms with van der Waals surface area (Å²) in [6.07, 6.45) is 0. The standard InChI is InChI=1S/C42H28N2/c1-3-12-29(13-4-1)31-14-11-15-32(28-31)30-22-24-34(25-23-30)44-38-21-10-8-19-36(38)42-40(44)27-26-39-41(42)35-18-7-9-20-37(35)43(39)33-16-5-2-6-17-33/h1-28H/i1D,2D,3D,4D,5D,6D,11D,12D,13D,14D,15D,16D,17D,22D,23D,24D,25D,26D,28D. The number of hydrogen-bond donors (Lipinski definition) is 0. The van der Waals surface area contributed by atoms with E-state index in [1.165, 1.54) is 15.2 Å². The van der Waals surface area contributed by atoms with E-state index < -0.39 is 131 Å². The SMILES string of the molecule is [2H]c1c([2H])c([2H])c(-c2c([2H])c([2H])c([2H])c(-c3c([2H])c([2H])c(-n4c5ccccc5c5c6c7ccccc7n(-c7c([2H])c([2H])c([2H])c([2H])c7[2H])c6c([2H])cc54)c([2H])c3[2H])c2[2H])c([2H])c1[2H]. The number of hydrogen-bond acceptors (Lipinski definition) is 0. The van der Waals surface area contributed by atoms with Gasteiger partial charge in [0.05, 0.1) is 48.1 Å². The van der Waals surface area contributed by atoms with E-state index in [0.717, 1.165) is 0 Å². The van der Waals surface area contributed by atoms with E-state index in [-0.39, 0.29) is 28.5 Å². The highest BCUT2D eigenvalue weighted by Crippen LogP contribution is 2.42. The third-order valence-corrected chi connectivity index (χ3v) is 7.55. The highest BCUT2D eigenvalue weighted by Gasteiger charge is 2.20. The maximum absolute atomic E-state index is 9.48. The summed E-state index contributed by atoms with van der Waals surface area (Å²) in [5, 5.41) is 2.01. The molecule has 9 rings (SSSR count). The smallest absolute Gasteiger partial charge is 0.0646 e. The van der Waals surface area contributed by atoms with Crippen molar-refractivity contribution in [3.8, 4) is 33.6 Å². The van der Waals surface area contributed by atoms with Crippen molar-refractivity contribution in [2.24, 2.45) is 0 Å². The van der Waals surface area contributed by atoms with Gasteiger partial charge >= 0.3 is 0 Å². The zero-order valence-corrected chi connectivity index (χ0v) is 22.6. The van der Waals surface area contributed by atoms with Crippen LogP contribution in [0.15, 0.2) is 169 Å². The maximum atomic E-state index is 9.48. The van der Waals surface area contributed by atoms with Crippen molar-refractivity contribution < 1.29 is 26.0 Å². The number of aromatic nitrogens is 2. The molecular weight excluding hydrogens is 532 g/mol. The van der Waals surface area contributed by atoms with Crippen LogP contribution in [0.4, 0.5) is 0 Å². The van der Waals surface area contributed by atoms with Crippen molar-refractivity contribution in [3.05, 3.63) is 169 Å². The lowest BCUT2D eigenvalue weighted by atomic mass is 9.99. The molecule has 7 aromatic carbocycles. The van der Waals surface area contributed by atoms with Gasteiger partial charge in [0.25, 0.3) is 0 Å². The summed E-state index contributed by atoms with van der Waals surface area (Å²) in [6.45, 7) is 0. The van der Waals surface area contributed by atoms with Crippen molar-refractivity contribution in [2.75, 3.05) is 0 Å². The minimum atomic E-state index is -0.846. The number of nitrogens with zero attached hydrogens (tertiary/aromatic N) is 2. The monoisotopic (exact) mass is 579 g/mol. The van der Waals surface area contributed by atoms with Crippen LogP contribution in [0.1, 0.15) is 26.0 Å². The Morgan fingerprint density at radius 3 is 1.52 bits per heavy atom. The predicted octanol–water partition coefficient (Wildman–Crippen LogP) is 11.2. The van der Waals surface area contributed by atoms with Gasteiger partial charge in [0, 0.05) is 32.9 Å². The molecule has 0 aliphatic rings. The van der Waals surface area contributed by atoms with Gasteiger partial charge in [0.2, 0.25) is 0 Å². The largest absolute Gasteiger partial charge is 0.309 e. The summed E-state index contributed by atoms with van der Waals surface area (Å²) in [4.78, 5) is 0. The Kier molecular flexibility index (Phi) is 2.78. The Hall–Kier alpha value is -5.86. The molecule has 0 N–H and O–H groups in total. The lowest BCUT2D eigenvalue weighted by Gasteiger charge is -2.11. The van der Waals surface area contributed by atoms with Crippen LogP contribution in [0.2, 0.25) is 0 Å². The molecule has 0 fully saturated rings. The van der Waals surface area contributed by atoms with Gasteiger partial charge in [0.1, 0.15) is 0 Å². The van der Waals surface area contributed by atoms with E-state index in [9.17, 15) is 8.22 Å². The molecule has 2 nitrogen and oxygen atoms in total. The fourth-order valence-electron chi connectivity index (χ4n) is 5.77. The minimum Gasteiger partial charge on any atom is -0.309 e. The highest BCUT2D eigenvalue weighted by atomic mass is 15.0. The van der Waals surface area contributed by atoms with Crippen molar-refractivity contribution in [3.63, 3.8) is 0 Å². The number of para-hydroxylation sites is 3. The van der Waals surface area contributed by atoms with Gasteiger partial charge in [-0.25, -0.2) is 0 Å². The normalized spacial score (nSPS) is 17.7. The van der Waals surface area contributed by atoms with Gasteiger partial charge in [-0.05, 0) is 76.7 Å². The van der Waals surface area contributed by atoms with Crippen LogP contribution >= 0.6 is 0 Å². The van der Waals surface area contributed by atoms with E-state index in [1.807, 2.05) is 0 Å². The molecule has 44 heavy (non-hydrogen) atoms. The second-order valence-corrected chi connectivity index (χ2v) is 9.92. The molecule has 0 saturated carbocycles. The molecule has 0 bridgehead atoms. The number of rotatable bonds is 4. The van der Waals surface area contributed by atoms with Crippen molar-refractivity contribution in [1.29, 1.82) is 0 Å². The molecular formula is C42H28N2. The molecule has 2 heterocycles. The quantitative estimate of drug-likeness (QED) is 0.196. The summed E-state index contributed by atoms with van der Waals surface area (Å²) < 4.78 is 169. The predicted molar refractivity (Wildman–Crippen MR) is 186 cm³/mol. The Morgan fingerprint density at radius 1 is 0.364 bits per heavy atom. The highest BCUT2D eigenvalue weighted by molar-refractivity contribution is 6.28. The van der Waals surface area contributed by atoms with Crippen molar-refractivity contribution >= 4 is 43.6 Å². The molecule has 9 aromatic rings. The molecule has 206 valence electrons. The molecule has 0 aliphatic heterocycles. The molecule has 2 aromatic heterocycles. The fraction of sp³-hybridized carbons (Fsp3) is 0. The summed E-state index contributed by atoms with van der Waals surface area (Å²) >= 11 is 0. The second kappa shape index (κ2) is 9.86. The lowest BCUT2D eigenvalue weighted by Crippen LogP contribution is -1.94. The van der Waals surface area contributed by atoms with Crippen LogP contribution in [0.5, 0.6) is 0 Å². The Morgan fingerprint density at radius 2 is 0.864 bits per heavy atom. The van der Waals surface area contributed by atoms with Gasteiger partial charge in [-0.1, -0.05) is 115 Å². The topological polar surface area (TPSA) is 9.86 Å². The molecule has 0 atom stereocenters. The van der Waals surface area contributed by atoms with Crippen LogP contribution in [-0.2, 0) is 0 Å². The summed E-state index contributed by atoms with van der Waals surface area (Å²) in [7, 11) is 0. The molecule has 2 heteroatoms. The van der Waals surface area contributed by atoms with Crippen LogP contribution in [0.3, 0.4) is 0 Å². The maximum Gasteiger partial charge on any atom is 0.0646 e. The van der Waals surface area contributed by atoms with Crippen LogP contribution in [-0.4, -0.2) is 9.13 Å². The molecule has 0 unspecified atom stereocenters. The number of benzene rings is 7. The van der Waals surface area contributed by atoms with Crippen molar-refractivity contribution in [2.45, 2.75) is 0 Å². The third-order valence-electron chi connectivity index (χ3n) is 7.55. The van der Waals surface area contributed by atoms with Gasteiger partial charge in [-0.3, -0.25) is 0 Å². The molecule has 0 saturated heterocycles. The summed E-state index contributed by atoms with van der Waals surface area (Å²) in [6, 6.07) is 2.34. The zero-order chi connectivity index (χ0) is 45.6. The van der Waals surface area contributed by atoms with Crippen molar-refractivity contribution in [1.82, 2.24) is 9.13 Å². The lowest BCUT2D eigenvalue weighted by molar-refractivity contribution is 1.17. The first-order chi connectivity index (χ1) is 29.8. The fourth-order valence-corrected chi connectivity index (χ4v) is 5.77. The Balaban J connectivity index is 1.39. The summed E-state index contributed by atoms with van der Waals surface area (Å²) in [5.41, 5.74) is -1.67. The first-order valence-corrected chi connectivity index (χ1v) is 13.6. The van der Waals surface area contributed by atoms with Gasteiger partial charge in [-0.2, -0.15) is 0 Å². The van der Waals surface area contributed by atoms with E-state index in [0.29, 0.717) is 32.6 Å². The third kappa shape index (κ3) is 3.75. The van der Waals surface area contributed by atoms with Gasteiger partial charge in [0.15, 0.2) is 0 Å². The van der Waals surface area contributed by atoms with Gasteiger partial charge in [-0.15, -0.1) is 0 Å². The van der Waals surface area contributed by atoms with E-state index in [1.54, 1.807) is 48.5 Å². The first kappa shape index (κ1) is 12.4. The summed E-state index contributed by atoms with van der Waals surface area (Å²) in [5.74, 6) is 0. The molecule has 0 aliphatic carbocycles. The van der Waals surface area contributed by atoms with Crippen LogP contribution in [0, 0.1) is 0 Å².